The minimum Gasteiger partial charge on any atom is -0.382 e. The smallest absolute Gasteiger partial charge is 0.147 e. The average Bonchev–Trinajstić information content (AvgIpc) is 2.96. The molecule has 4 nitrogen and oxygen atoms in total. The number of nitrogen functional groups attached to an aromatic ring is 1. The third kappa shape index (κ3) is 1.84. The van der Waals surface area contributed by atoms with Gasteiger partial charge in [0.05, 0.1) is 5.56 Å². The molecule has 94 valence electrons. The Morgan fingerprint density at radius 2 is 2.39 bits per heavy atom. The lowest BCUT2D eigenvalue weighted by Gasteiger charge is -2.22. The number of anilines is 2. The van der Waals surface area contributed by atoms with Crippen molar-refractivity contribution in [1.82, 2.24) is 9.36 Å². The van der Waals surface area contributed by atoms with Gasteiger partial charge in [0, 0.05) is 30.5 Å². The van der Waals surface area contributed by atoms with E-state index in [-0.39, 0.29) is 0 Å². The molecule has 0 aromatic carbocycles. The molecule has 1 saturated heterocycles. The van der Waals surface area contributed by atoms with Gasteiger partial charge in [0.1, 0.15) is 10.8 Å². The second-order valence-electron chi connectivity index (χ2n) is 4.67. The van der Waals surface area contributed by atoms with Crippen LogP contribution in [0, 0.1) is 0 Å². The first kappa shape index (κ1) is 11.5. The third-order valence-electron chi connectivity index (χ3n) is 3.46. The number of hydrogen-bond donors (Lipinski definition) is 1. The first-order valence-electron chi connectivity index (χ1n) is 6.19. The first-order chi connectivity index (χ1) is 8.77. The minimum absolute atomic E-state index is 0.570. The van der Waals surface area contributed by atoms with Crippen LogP contribution in [0.2, 0.25) is 0 Å². The normalized spacial score (nSPS) is 19.4. The standard InChI is InChI=1S/C13H16N4S/c1-9-4-3-7-17(9)13-11(12(14)16-18-13)10-5-2-6-15-8-10/h2,5-6,8-9H,3-4,7H2,1H3,(H2,14,16). The Bertz CT molecular complexity index is 537. The third-order valence-corrected chi connectivity index (χ3v) is 4.36. The molecule has 1 fully saturated rings. The van der Waals surface area contributed by atoms with Crippen molar-refractivity contribution in [2.75, 3.05) is 17.2 Å². The maximum absolute atomic E-state index is 6.03. The Hall–Kier alpha value is -1.62. The van der Waals surface area contributed by atoms with Gasteiger partial charge in [-0.25, -0.2) is 0 Å². The topological polar surface area (TPSA) is 55.0 Å². The van der Waals surface area contributed by atoms with Crippen molar-refractivity contribution >= 4 is 22.4 Å². The van der Waals surface area contributed by atoms with E-state index in [1.54, 1.807) is 6.20 Å². The van der Waals surface area contributed by atoms with E-state index in [0.717, 1.165) is 17.7 Å². The Morgan fingerprint density at radius 1 is 1.50 bits per heavy atom. The molecular formula is C13H16N4S. The zero-order valence-corrected chi connectivity index (χ0v) is 11.2. The molecule has 0 bridgehead atoms. The van der Waals surface area contributed by atoms with E-state index in [2.05, 4.69) is 21.2 Å². The molecule has 0 radical (unpaired) electrons. The molecule has 0 spiro atoms. The van der Waals surface area contributed by atoms with Crippen LogP contribution in [0.1, 0.15) is 19.8 Å². The van der Waals surface area contributed by atoms with E-state index >= 15 is 0 Å². The Kier molecular flexibility index (Phi) is 2.91. The van der Waals surface area contributed by atoms with Gasteiger partial charge in [-0.05, 0) is 37.4 Å². The predicted molar refractivity (Wildman–Crippen MR) is 75.8 cm³/mol. The second kappa shape index (κ2) is 4.57. The van der Waals surface area contributed by atoms with E-state index in [0.29, 0.717) is 11.9 Å². The fourth-order valence-corrected chi connectivity index (χ4v) is 3.47. The summed E-state index contributed by atoms with van der Waals surface area (Å²) in [6, 6.07) is 4.54. The molecule has 3 heterocycles. The number of rotatable bonds is 2. The van der Waals surface area contributed by atoms with Gasteiger partial charge in [-0.1, -0.05) is 6.07 Å². The van der Waals surface area contributed by atoms with Crippen molar-refractivity contribution in [3.8, 4) is 11.1 Å². The molecule has 0 amide bonds. The van der Waals surface area contributed by atoms with Gasteiger partial charge >= 0.3 is 0 Å². The highest BCUT2D eigenvalue weighted by atomic mass is 32.1. The van der Waals surface area contributed by atoms with Gasteiger partial charge in [-0.15, -0.1) is 0 Å². The van der Waals surface area contributed by atoms with Crippen molar-refractivity contribution in [1.29, 1.82) is 0 Å². The Morgan fingerprint density at radius 3 is 3.06 bits per heavy atom. The van der Waals surface area contributed by atoms with Crippen molar-refractivity contribution in [3.05, 3.63) is 24.5 Å². The zero-order chi connectivity index (χ0) is 12.5. The molecule has 5 heteroatoms. The molecule has 2 aromatic rings. The Labute approximate surface area is 111 Å². The van der Waals surface area contributed by atoms with Gasteiger partial charge in [0.25, 0.3) is 0 Å². The summed E-state index contributed by atoms with van der Waals surface area (Å²) in [6.45, 7) is 3.35. The molecule has 18 heavy (non-hydrogen) atoms. The van der Waals surface area contributed by atoms with E-state index in [4.69, 9.17) is 5.73 Å². The Balaban J connectivity index is 2.07. The fourth-order valence-electron chi connectivity index (χ4n) is 2.51. The summed E-state index contributed by atoms with van der Waals surface area (Å²) in [4.78, 5) is 6.58. The molecule has 2 aromatic heterocycles. The number of aromatic nitrogens is 2. The molecule has 1 unspecified atom stereocenters. The lowest BCUT2D eigenvalue weighted by molar-refractivity contribution is 0.739. The summed E-state index contributed by atoms with van der Waals surface area (Å²) in [5.41, 5.74) is 8.13. The van der Waals surface area contributed by atoms with Gasteiger partial charge in [0.15, 0.2) is 0 Å². The molecule has 1 aliphatic heterocycles. The quantitative estimate of drug-likeness (QED) is 0.902. The summed E-state index contributed by atoms with van der Waals surface area (Å²) in [5.74, 6) is 0.613. The monoisotopic (exact) mass is 260 g/mol. The summed E-state index contributed by atoms with van der Waals surface area (Å²) >= 11 is 1.50. The SMILES string of the molecule is CC1CCCN1c1snc(N)c1-c1cccnc1. The van der Waals surface area contributed by atoms with Gasteiger partial charge < -0.3 is 10.6 Å². The van der Waals surface area contributed by atoms with E-state index < -0.39 is 0 Å². The molecular weight excluding hydrogens is 244 g/mol. The molecule has 1 atom stereocenters. The number of nitrogens with two attached hydrogens (primary N) is 1. The lowest BCUT2D eigenvalue weighted by atomic mass is 10.1. The summed E-state index contributed by atoms with van der Waals surface area (Å²) in [5, 5.41) is 1.19. The minimum atomic E-state index is 0.570. The van der Waals surface area contributed by atoms with E-state index in [1.807, 2.05) is 18.3 Å². The second-order valence-corrected chi connectivity index (χ2v) is 5.43. The van der Waals surface area contributed by atoms with Crippen LogP contribution in [-0.4, -0.2) is 21.9 Å². The molecule has 2 N–H and O–H groups in total. The maximum atomic E-state index is 6.03. The van der Waals surface area contributed by atoms with Gasteiger partial charge in [-0.3, -0.25) is 4.98 Å². The summed E-state index contributed by atoms with van der Waals surface area (Å²) in [6.07, 6.45) is 6.11. The molecule has 0 aliphatic carbocycles. The van der Waals surface area contributed by atoms with Crippen LogP contribution in [0.4, 0.5) is 10.8 Å². The van der Waals surface area contributed by atoms with Crippen molar-refractivity contribution in [3.63, 3.8) is 0 Å². The highest BCUT2D eigenvalue weighted by Gasteiger charge is 2.26. The highest BCUT2D eigenvalue weighted by molar-refractivity contribution is 7.11. The number of pyridine rings is 1. The zero-order valence-electron chi connectivity index (χ0n) is 10.3. The van der Waals surface area contributed by atoms with Crippen molar-refractivity contribution < 1.29 is 0 Å². The van der Waals surface area contributed by atoms with E-state index in [1.165, 1.54) is 29.4 Å². The summed E-state index contributed by atoms with van der Waals surface area (Å²) in [7, 11) is 0. The van der Waals surface area contributed by atoms with Crippen LogP contribution in [-0.2, 0) is 0 Å². The molecule has 0 saturated carbocycles. The molecule has 3 rings (SSSR count). The molecule has 1 aliphatic rings. The van der Waals surface area contributed by atoms with Crippen LogP contribution in [0.5, 0.6) is 0 Å². The first-order valence-corrected chi connectivity index (χ1v) is 6.97. The number of nitrogens with zero attached hydrogens (tertiary/aromatic N) is 3. The van der Waals surface area contributed by atoms with Crippen LogP contribution in [0.15, 0.2) is 24.5 Å². The van der Waals surface area contributed by atoms with Gasteiger partial charge in [0.2, 0.25) is 0 Å². The average molecular weight is 260 g/mol. The van der Waals surface area contributed by atoms with Crippen molar-refractivity contribution in [2.24, 2.45) is 0 Å². The lowest BCUT2D eigenvalue weighted by Crippen LogP contribution is -2.25. The van der Waals surface area contributed by atoms with Crippen LogP contribution < -0.4 is 10.6 Å². The number of hydrogen-bond acceptors (Lipinski definition) is 5. The van der Waals surface area contributed by atoms with Crippen LogP contribution in [0.25, 0.3) is 11.1 Å². The van der Waals surface area contributed by atoms with E-state index in [9.17, 15) is 0 Å². The summed E-state index contributed by atoms with van der Waals surface area (Å²) < 4.78 is 4.32. The van der Waals surface area contributed by atoms with Gasteiger partial charge in [-0.2, -0.15) is 4.37 Å². The fraction of sp³-hybridized carbons (Fsp3) is 0.385. The highest BCUT2D eigenvalue weighted by Crippen LogP contribution is 2.41. The van der Waals surface area contributed by atoms with Crippen LogP contribution >= 0.6 is 11.5 Å². The maximum Gasteiger partial charge on any atom is 0.147 e. The van der Waals surface area contributed by atoms with Crippen LogP contribution in [0.3, 0.4) is 0 Å². The largest absolute Gasteiger partial charge is 0.382 e. The predicted octanol–water partition coefficient (Wildman–Crippen LogP) is 2.78. The van der Waals surface area contributed by atoms with Crippen molar-refractivity contribution in [2.45, 2.75) is 25.8 Å².